The molecule has 2 aromatic heterocycles. The number of benzene rings is 2. The minimum absolute atomic E-state index is 0.596. The number of aromatic amines is 1. The number of aromatic nitrogens is 5. The van der Waals surface area contributed by atoms with Crippen molar-refractivity contribution in [1.82, 2.24) is 25.2 Å². The molecule has 0 aliphatic rings. The average Bonchev–Trinajstić information content (AvgIpc) is 3.48. The molecule has 2 aromatic carbocycles. The summed E-state index contributed by atoms with van der Waals surface area (Å²) in [4.78, 5) is 0. The first-order chi connectivity index (χ1) is 16.6. The highest BCUT2D eigenvalue weighted by Gasteiger charge is 2.12. The third-order valence-electron chi connectivity index (χ3n) is 5.93. The Labute approximate surface area is 201 Å². The number of aryl methyl sites for hydroxylation is 2. The number of nitrogens with zero attached hydrogens (tertiary/aromatic N) is 4. The summed E-state index contributed by atoms with van der Waals surface area (Å²) in [5.41, 5.74) is 4.65. The minimum atomic E-state index is 0.596. The molecule has 4 aromatic rings. The van der Waals surface area contributed by atoms with Crippen molar-refractivity contribution in [1.29, 1.82) is 0 Å². The number of H-pyrrole nitrogens is 1. The predicted molar refractivity (Wildman–Crippen MR) is 135 cm³/mol. The summed E-state index contributed by atoms with van der Waals surface area (Å²) in [6.45, 7) is 11.1. The second-order valence-corrected chi connectivity index (χ2v) is 9.20. The summed E-state index contributed by atoms with van der Waals surface area (Å²) in [7, 11) is 0. The number of hydrogen-bond donors (Lipinski definition) is 1. The van der Waals surface area contributed by atoms with E-state index >= 15 is 0 Å². The van der Waals surface area contributed by atoms with Crippen molar-refractivity contribution < 1.29 is 9.47 Å². The van der Waals surface area contributed by atoms with E-state index in [0.29, 0.717) is 25.0 Å². The van der Waals surface area contributed by atoms with E-state index in [0.717, 1.165) is 54.9 Å². The van der Waals surface area contributed by atoms with Gasteiger partial charge in [-0.25, -0.2) is 0 Å². The van der Waals surface area contributed by atoms with Gasteiger partial charge in [0.25, 0.3) is 0 Å². The summed E-state index contributed by atoms with van der Waals surface area (Å²) < 4.78 is 14.5. The van der Waals surface area contributed by atoms with E-state index in [1.54, 1.807) is 0 Å². The molecule has 0 bridgehead atoms. The molecule has 180 valence electrons. The maximum absolute atomic E-state index is 6.23. The second kappa shape index (κ2) is 11.2. The molecule has 0 spiro atoms. The van der Waals surface area contributed by atoms with Crippen LogP contribution >= 0.6 is 0 Å². The molecular weight excluding hydrogens is 426 g/mol. The number of fused-ring (bicyclic) bond motifs is 1. The van der Waals surface area contributed by atoms with Gasteiger partial charge in [-0.15, -0.1) is 10.2 Å². The van der Waals surface area contributed by atoms with Gasteiger partial charge in [0.05, 0.1) is 13.2 Å². The summed E-state index contributed by atoms with van der Waals surface area (Å²) in [6.07, 6.45) is 6.21. The van der Waals surface area contributed by atoms with Gasteiger partial charge in [-0.3, -0.25) is 0 Å². The van der Waals surface area contributed by atoms with Crippen LogP contribution in [0.5, 0.6) is 11.5 Å². The minimum Gasteiger partial charge on any atom is -0.494 e. The van der Waals surface area contributed by atoms with Gasteiger partial charge in [0.15, 0.2) is 0 Å². The first kappa shape index (κ1) is 23.8. The number of rotatable bonds is 12. The SMILES string of the molecule is CCCc1c(OCCCCOc2ccc(-c3nn[nH]n3)c(C)c2)ccc2c1ccn2CC(C)C. The monoisotopic (exact) mass is 461 g/mol. The van der Waals surface area contributed by atoms with Crippen molar-refractivity contribution in [3.8, 4) is 22.9 Å². The van der Waals surface area contributed by atoms with E-state index in [1.165, 1.54) is 16.5 Å². The molecule has 4 rings (SSSR count). The van der Waals surface area contributed by atoms with Crippen LogP contribution in [0.1, 0.15) is 51.2 Å². The number of ether oxygens (including phenoxy) is 2. The van der Waals surface area contributed by atoms with Crippen molar-refractivity contribution in [3.05, 3.63) is 53.7 Å². The molecule has 0 atom stereocenters. The van der Waals surface area contributed by atoms with Crippen LogP contribution in [-0.2, 0) is 13.0 Å². The van der Waals surface area contributed by atoms with Crippen LogP contribution in [-0.4, -0.2) is 38.4 Å². The van der Waals surface area contributed by atoms with Gasteiger partial charge in [0.1, 0.15) is 11.5 Å². The topological polar surface area (TPSA) is 77.8 Å². The van der Waals surface area contributed by atoms with Crippen molar-refractivity contribution >= 4 is 10.9 Å². The number of hydrogen-bond acceptors (Lipinski definition) is 5. The van der Waals surface area contributed by atoms with Gasteiger partial charge < -0.3 is 14.0 Å². The molecule has 0 fully saturated rings. The largest absolute Gasteiger partial charge is 0.494 e. The average molecular weight is 462 g/mol. The van der Waals surface area contributed by atoms with E-state index in [9.17, 15) is 0 Å². The van der Waals surface area contributed by atoms with Crippen LogP contribution in [0.2, 0.25) is 0 Å². The fourth-order valence-electron chi connectivity index (χ4n) is 4.34. The summed E-state index contributed by atoms with van der Waals surface area (Å²) >= 11 is 0. The third kappa shape index (κ3) is 5.58. The third-order valence-corrected chi connectivity index (χ3v) is 5.93. The van der Waals surface area contributed by atoms with Gasteiger partial charge >= 0.3 is 0 Å². The number of nitrogens with one attached hydrogen (secondary N) is 1. The molecule has 1 N–H and O–H groups in total. The standard InChI is InChI=1S/C27H35N5O2/c1-5-8-24-23-13-14-32(18-19(2)3)25(23)11-12-26(24)34-16-7-6-15-33-21-9-10-22(20(4)17-21)27-28-30-31-29-27/h9-14,17,19H,5-8,15-16,18H2,1-4H3,(H,28,29,30,31). The van der Waals surface area contributed by atoms with E-state index in [4.69, 9.17) is 9.47 Å². The van der Waals surface area contributed by atoms with Crippen LogP contribution < -0.4 is 9.47 Å². The molecule has 0 unspecified atom stereocenters. The van der Waals surface area contributed by atoms with Gasteiger partial charge in [-0.1, -0.05) is 27.2 Å². The lowest BCUT2D eigenvalue weighted by atomic mass is 10.0. The molecule has 0 amide bonds. The number of tetrazole rings is 1. The Morgan fingerprint density at radius 2 is 1.85 bits per heavy atom. The van der Waals surface area contributed by atoms with Crippen molar-refractivity contribution in [2.75, 3.05) is 13.2 Å². The molecule has 0 radical (unpaired) electrons. The normalized spacial score (nSPS) is 11.4. The van der Waals surface area contributed by atoms with Gasteiger partial charge in [0.2, 0.25) is 5.82 Å². The Hall–Kier alpha value is -3.35. The lowest BCUT2D eigenvalue weighted by Gasteiger charge is -2.14. The molecule has 34 heavy (non-hydrogen) atoms. The maximum atomic E-state index is 6.23. The molecule has 0 saturated heterocycles. The van der Waals surface area contributed by atoms with Gasteiger partial charge in [0, 0.05) is 34.8 Å². The maximum Gasteiger partial charge on any atom is 0.204 e. The van der Waals surface area contributed by atoms with E-state index in [2.05, 4.69) is 70.4 Å². The van der Waals surface area contributed by atoms with E-state index in [1.807, 2.05) is 25.1 Å². The quantitative estimate of drug-likeness (QED) is 0.263. The van der Waals surface area contributed by atoms with Gasteiger partial charge in [-0.05, 0) is 79.3 Å². The smallest absolute Gasteiger partial charge is 0.204 e. The zero-order valence-electron chi connectivity index (χ0n) is 20.7. The first-order valence-electron chi connectivity index (χ1n) is 12.3. The highest BCUT2D eigenvalue weighted by atomic mass is 16.5. The Bertz CT molecular complexity index is 1200. The van der Waals surface area contributed by atoms with Crippen molar-refractivity contribution in [2.45, 2.75) is 59.9 Å². The molecule has 2 heterocycles. The van der Waals surface area contributed by atoms with Crippen molar-refractivity contribution in [3.63, 3.8) is 0 Å². The van der Waals surface area contributed by atoms with Crippen LogP contribution in [0.15, 0.2) is 42.6 Å². The predicted octanol–water partition coefficient (Wildman–Crippen LogP) is 5.98. The molecule has 7 nitrogen and oxygen atoms in total. The Morgan fingerprint density at radius 3 is 2.56 bits per heavy atom. The van der Waals surface area contributed by atoms with Crippen LogP contribution in [0, 0.1) is 12.8 Å². The first-order valence-corrected chi connectivity index (χ1v) is 12.3. The molecular formula is C27H35N5O2. The second-order valence-electron chi connectivity index (χ2n) is 9.20. The van der Waals surface area contributed by atoms with Crippen LogP contribution in [0.25, 0.3) is 22.3 Å². The number of unbranched alkanes of at least 4 members (excludes halogenated alkanes) is 1. The highest BCUT2D eigenvalue weighted by Crippen LogP contribution is 2.31. The lowest BCUT2D eigenvalue weighted by Crippen LogP contribution is -2.05. The molecule has 0 saturated carbocycles. The molecule has 0 aliphatic heterocycles. The summed E-state index contributed by atoms with van der Waals surface area (Å²) in [6, 6.07) is 12.5. The van der Waals surface area contributed by atoms with E-state index < -0.39 is 0 Å². The fourth-order valence-corrected chi connectivity index (χ4v) is 4.34. The fraction of sp³-hybridized carbons (Fsp3) is 0.444. The van der Waals surface area contributed by atoms with E-state index in [-0.39, 0.29) is 0 Å². The Morgan fingerprint density at radius 1 is 1.03 bits per heavy atom. The zero-order chi connectivity index (χ0) is 23.9. The van der Waals surface area contributed by atoms with Crippen LogP contribution in [0.4, 0.5) is 0 Å². The summed E-state index contributed by atoms with van der Waals surface area (Å²) in [5, 5.41) is 15.5. The Kier molecular flexibility index (Phi) is 7.83. The summed E-state index contributed by atoms with van der Waals surface area (Å²) in [5.74, 6) is 3.09. The van der Waals surface area contributed by atoms with Crippen molar-refractivity contribution in [2.24, 2.45) is 5.92 Å². The molecule has 0 aliphatic carbocycles. The van der Waals surface area contributed by atoms with Gasteiger partial charge in [-0.2, -0.15) is 5.21 Å². The zero-order valence-corrected chi connectivity index (χ0v) is 20.7. The Balaban J connectivity index is 1.28. The highest BCUT2D eigenvalue weighted by molar-refractivity contribution is 5.86. The van der Waals surface area contributed by atoms with Crippen LogP contribution in [0.3, 0.4) is 0 Å². The lowest BCUT2D eigenvalue weighted by molar-refractivity contribution is 0.265. The molecule has 7 heteroatoms.